The topological polar surface area (TPSA) is 23.8 Å². The Morgan fingerprint density at radius 3 is 2.13 bits per heavy atom. The van der Waals surface area contributed by atoms with Gasteiger partial charge in [-0.15, -0.1) is 0 Å². The fraction of sp³-hybridized carbons (Fsp3) is 0.321. The summed E-state index contributed by atoms with van der Waals surface area (Å²) in [7, 11) is 0. The van der Waals surface area contributed by atoms with E-state index in [0.717, 1.165) is 10.5 Å². The molecule has 0 saturated carbocycles. The van der Waals surface area contributed by atoms with E-state index < -0.39 is 0 Å². The van der Waals surface area contributed by atoms with Gasteiger partial charge in [0, 0.05) is 9.79 Å². The first-order valence-electron chi connectivity index (χ1n) is 11.0. The normalized spacial score (nSPS) is 10.7. The lowest BCUT2D eigenvalue weighted by molar-refractivity contribution is 0.911. The molecule has 4 rings (SSSR count). The lowest BCUT2D eigenvalue weighted by Crippen LogP contribution is -1.85. The number of hydrogen-bond donors (Lipinski definition) is 0. The molecule has 0 aromatic heterocycles. The molecule has 1 aliphatic carbocycles. The van der Waals surface area contributed by atoms with E-state index in [-0.39, 0.29) is 0 Å². The van der Waals surface area contributed by atoms with Gasteiger partial charge < -0.3 is 0 Å². The molecule has 3 aromatic carbocycles. The molecule has 3 aromatic rings. The second-order valence-corrected chi connectivity index (χ2v) is 7.60. The maximum atomic E-state index is 8.75. The van der Waals surface area contributed by atoms with Crippen LogP contribution in [0.4, 0.5) is 0 Å². The van der Waals surface area contributed by atoms with Crippen molar-refractivity contribution < 1.29 is 0 Å². The summed E-state index contributed by atoms with van der Waals surface area (Å²) >= 11 is 1.70. The van der Waals surface area contributed by atoms with Gasteiger partial charge in [-0.25, -0.2) is 0 Å². The van der Waals surface area contributed by atoms with Crippen molar-refractivity contribution in [3.63, 3.8) is 0 Å². The molecule has 0 atom stereocenters. The van der Waals surface area contributed by atoms with Gasteiger partial charge in [0.25, 0.3) is 0 Å². The highest BCUT2D eigenvalue weighted by Crippen LogP contribution is 2.30. The SMILES string of the molecule is CC.CC.Cc1ccc2c(c1)CCC2.N#CCc1ccccc1Sc1ccccc1. The van der Waals surface area contributed by atoms with Crippen LogP contribution in [-0.4, -0.2) is 0 Å². The average Bonchev–Trinajstić information content (AvgIpc) is 3.27. The Morgan fingerprint density at radius 1 is 0.800 bits per heavy atom. The van der Waals surface area contributed by atoms with Gasteiger partial charge in [-0.2, -0.15) is 5.26 Å². The first kappa shape index (κ1) is 25.5. The van der Waals surface area contributed by atoms with Gasteiger partial charge in [0.2, 0.25) is 0 Å². The summed E-state index contributed by atoms with van der Waals surface area (Å²) in [5.74, 6) is 0. The van der Waals surface area contributed by atoms with Crippen LogP contribution in [0.15, 0.2) is 82.6 Å². The average molecular weight is 418 g/mol. The van der Waals surface area contributed by atoms with Crippen molar-refractivity contribution in [1.29, 1.82) is 5.26 Å². The third-order valence-corrected chi connectivity index (χ3v) is 5.59. The van der Waals surface area contributed by atoms with E-state index in [1.54, 1.807) is 22.9 Å². The third-order valence-electron chi connectivity index (χ3n) is 4.47. The zero-order valence-electron chi connectivity index (χ0n) is 19.1. The maximum absolute atomic E-state index is 8.75. The standard InChI is InChI=1S/C14H11NS.C10H12.2C2H6/c15-11-10-12-6-4-5-9-14(12)16-13-7-2-1-3-8-13;1-8-5-6-9-3-2-4-10(9)7-8;2*1-2/h1-9H,10H2;5-7H,2-4H2,1H3;2*1-2H3. The molecule has 2 heteroatoms. The van der Waals surface area contributed by atoms with Crippen LogP contribution in [0.25, 0.3) is 0 Å². The molecule has 158 valence electrons. The second kappa shape index (κ2) is 15.4. The Balaban J connectivity index is 0.000000275. The number of nitriles is 1. The Labute approximate surface area is 188 Å². The molecule has 0 amide bonds. The van der Waals surface area contributed by atoms with Crippen molar-refractivity contribution in [2.75, 3.05) is 0 Å². The Bertz CT molecular complexity index is 894. The van der Waals surface area contributed by atoms with Gasteiger partial charge in [-0.05, 0) is 61.1 Å². The lowest BCUT2D eigenvalue weighted by atomic mass is 10.1. The van der Waals surface area contributed by atoms with E-state index in [9.17, 15) is 0 Å². The summed E-state index contributed by atoms with van der Waals surface area (Å²) < 4.78 is 0. The van der Waals surface area contributed by atoms with Gasteiger partial charge in [-0.3, -0.25) is 0 Å². The molecule has 0 heterocycles. The Kier molecular flexibility index (Phi) is 13.1. The van der Waals surface area contributed by atoms with Crippen LogP contribution in [0.5, 0.6) is 0 Å². The molecule has 0 N–H and O–H groups in total. The minimum atomic E-state index is 0.468. The van der Waals surface area contributed by atoms with Crippen LogP contribution in [0.3, 0.4) is 0 Å². The molecule has 30 heavy (non-hydrogen) atoms. The Morgan fingerprint density at radius 2 is 1.43 bits per heavy atom. The van der Waals surface area contributed by atoms with Gasteiger partial charge in [0.1, 0.15) is 0 Å². The van der Waals surface area contributed by atoms with E-state index in [1.807, 2.05) is 64.1 Å². The van der Waals surface area contributed by atoms with Gasteiger partial charge >= 0.3 is 0 Å². The van der Waals surface area contributed by atoms with E-state index in [4.69, 9.17) is 5.26 Å². The molecule has 1 nitrogen and oxygen atoms in total. The van der Waals surface area contributed by atoms with Crippen molar-refractivity contribution in [2.45, 2.75) is 70.1 Å². The fourth-order valence-electron chi connectivity index (χ4n) is 3.15. The monoisotopic (exact) mass is 417 g/mol. The molecule has 0 spiro atoms. The predicted molar refractivity (Wildman–Crippen MR) is 132 cm³/mol. The van der Waals surface area contributed by atoms with E-state index in [0.29, 0.717) is 6.42 Å². The molecule has 0 unspecified atom stereocenters. The highest BCUT2D eigenvalue weighted by Gasteiger charge is 2.08. The number of nitrogens with zero attached hydrogens (tertiary/aromatic N) is 1. The van der Waals surface area contributed by atoms with Gasteiger partial charge in [-0.1, -0.05) is 99.6 Å². The molecule has 1 aliphatic rings. The van der Waals surface area contributed by atoms with Crippen LogP contribution in [0, 0.1) is 18.3 Å². The van der Waals surface area contributed by atoms with Crippen LogP contribution < -0.4 is 0 Å². The van der Waals surface area contributed by atoms with Crippen molar-refractivity contribution in [3.05, 3.63) is 95.1 Å². The third kappa shape index (κ3) is 8.47. The lowest BCUT2D eigenvalue weighted by Gasteiger charge is -2.05. The predicted octanol–water partition coefficient (Wildman–Crippen LogP) is 8.44. The van der Waals surface area contributed by atoms with Crippen LogP contribution in [0.1, 0.15) is 56.4 Å². The molecular formula is C28H35NS. The molecule has 0 fully saturated rings. The number of aryl methyl sites for hydroxylation is 3. The van der Waals surface area contributed by atoms with Crippen LogP contribution in [0.2, 0.25) is 0 Å². The van der Waals surface area contributed by atoms with Crippen LogP contribution >= 0.6 is 11.8 Å². The first-order valence-corrected chi connectivity index (χ1v) is 11.8. The highest BCUT2D eigenvalue weighted by molar-refractivity contribution is 7.99. The zero-order valence-corrected chi connectivity index (χ0v) is 19.9. The van der Waals surface area contributed by atoms with Crippen molar-refractivity contribution >= 4 is 11.8 Å². The van der Waals surface area contributed by atoms with Gasteiger partial charge in [0.15, 0.2) is 0 Å². The number of fused-ring (bicyclic) bond motifs is 1. The quantitative estimate of drug-likeness (QED) is 0.427. The van der Waals surface area contributed by atoms with E-state index in [1.165, 1.54) is 29.7 Å². The maximum Gasteiger partial charge on any atom is 0.0670 e. The summed E-state index contributed by atoms with van der Waals surface area (Å²) in [6.45, 7) is 10.2. The second-order valence-electron chi connectivity index (χ2n) is 6.48. The van der Waals surface area contributed by atoms with E-state index in [2.05, 4.69) is 49.4 Å². The summed E-state index contributed by atoms with van der Waals surface area (Å²) in [5, 5.41) is 8.75. The fourth-order valence-corrected chi connectivity index (χ4v) is 4.12. The molecule has 0 aliphatic heterocycles. The summed E-state index contributed by atoms with van der Waals surface area (Å²) in [4.78, 5) is 2.36. The van der Waals surface area contributed by atoms with E-state index >= 15 is 0 Å². The van der Waals surface area contributed by atoms with Crippen LogP contribution in [-0.2, 0) is 19.3 Å². The van der Waals surface area contributed by atoms with Gasteiger partial charge in [0.05, 0.1) is 12.5 Å². The summed E-state index contributed by atoms with van der Waals surface area (Å²) in [6, 6.07) is 27.3. The number of hydrogen-bond acceptors (Lipinski definition) is 2. The largest absolute Gasteiger partial charge is 0.198 e. The summed E-state index contributed by atoms with van der Waals surface area (Å²) in [5.41, 5.74) is 5.66. The first-order chi connectivity index (χ1) is 14.8. The molecule has 0 saturated heterocycles. The van der Waals surface area contributed by atoms with Crippen molar-refractivity contribution in [1.82, 2.24) is 0 Å². The number of rotatable bonds is 3. The molecule has 0 radical (unpaired) electrons. The molecular weight excluding hydrogens is 382 g/mol. The smallest absolute Gasteiger partial charge is 0.0670 e. The minimum Gasteiger partial charge on any atom is -0.198 e. The van der Waals surface area contributed by atoms with Crippen molar-refractivity contribution in [2.24, 2.45) is 0 Å². The Hall–Kier alpha value is -2.50. The number of benzene rings is 3. The molecule has 0 bridgehead atoms. The summed E-state index contributed by atoms with van der Waals surface area (Å²) in [6.07, 6.45) is 4.43. The van der Waals surface area contributed by atoms with Crippen molar-refractivity contribution in [3.8, 4) is 6.07 Å². The zero-order chi connectivity index (χ0) is 22.2. The minimum absolute atomic E-state index is 0.468. The highest BCUT2D eigenvalue weighted by atomic mass is 32.2.